The van der Waals surface area contributed by atoms with Crippen molar-refractivity contribution in [2.45, 2.75) is 38.4 Å². The van der Waals surface area contributed by atoms with Crippen molar-refractivity contribution in [1.29, 1.82) is 5.41 Å². The number of nitrogen functional groups attached to an aromatic ring is 1. The first-order chi connectivity index (χ1) is 10.1. The zero-order valence-electron chi connectivity index (χ0n) is 12.3. The topological polar surface area (TPSA) is 95.5 Å². The average Bonchev–Trinajstić information content (AvgIpc) is 2.92. The molecule has 6 heteroatoms. The quantitative estimate of drug-likeness (QED) is 0.554. The molecule has 1 fully saturated rings. The normalized spacial score (nSPS) is 25.0. The maximum Gasteiger partial charge on any atom is 0.140 e. The van der Waals surface area contributed by atoms with E-state index in [1.54, 1.807) is 0 Å². The summed E-state index contributed by atoms with van der Waals surface area (Å²) in [5, 5.41) is 17.2. The number of amidine groups is 1. The van der Waals surface area contributed by atoms with Gasteiger partial charge < -0.3 is 20.5 Å². The molecule has 1 aliphatic carbocycles. The Morgan fingerprint density at radius 2 is 2.33 bits per heavy atom. The molecule has 2 atom stereocenters. The maximum absolute atomic E-state index is 9.37. The van der Waals surface area contributed by atoms with Crippen molar-refractivity contribution in [3.05, 3.63) is 22.9 Å². The highest BCUT2D eigenvalue weighted by Crippen LogP contribution is 2.29. The van der Waals surface area contributed by atoms with Crippen LogP contribution in [-0.4, -0.2) is 47.8 Å². The minimum atomic E-state index is -0.219. The summed E-state index contributed by atoms with van der Waals surface area (Å²) in [7, 11) is 0. The van der Waals surface area contributed by atoms with E-state index in [-0.39, 0.29) is 24.7 Å². The second-order valence-corrected chi connectivity index (χ2v) is 5.89. The van der Waals surface area contributed by atoms with E-state index in [4.69, 9.17) is 20.9 Å². The van der Waals surface area contributed by atoms with Crippen LogP contribution < -0.4 is 10.6 Å². The zero-order chi connectivity index (χ0) is 15.0. The third-order valence-electron chi connectivity index (χ3n) is 4.15. The van der Waals surface area contributed by atoms with Gasteiger partial charge in [-0.15, -0.1) is 0 Å². The molecule has 1 aromatic rings. The number of aliphatic hydroxyl groups excluding tert-OH is 1. The third kappa shape index (κ3) is 2.73. The fourth-order valence-electron chi connectivity index (χ4n) is 3.22. The van der Waals surface area contributed by atoms with Crippen LogP contribution in [0.5, 0.6) is 0 Å². The monoisotopic (exact) mass is 290 g/mol. The predicted octanol–water partition coefficient (Wildman–Crippen LogP) is 0.440. The summed E-state index contributed by atoms with van der Waals surface area (Å²) in [4.78, 5) is 6.86. The van der Waals surface area contributed by atoms with Crippen molar-refractivity contribution in [2.75, 3.05) is 24.6 Å². The standard InChI is InChI=1S/C15H22N4O2/c1-9-6-19(7-11(8-20)21-9)15-12(14(16)17)5-10-3-2-4-13(10)18-15/h5,9,11,20H,2-4,6-8H2,1H3,(H3,16,17). The second-order valence-electron chi connectivity index (χ2n) is 5.89. The van der Waals surface area contributed by atoms with Gasteiger partial charge in [-0.2, -0.15) is 0 Å². The van der Waals surface area contributed by atoms with Gasteiger partial charge in [-0.1, -0.05) is 0 Å². The molecule has 2 heterocycles. The molecule has 6 nitrogen and oxygen atoms in total. The first-order valence-electron chi connectivity index (χ1n) is 7.47. The van der Waals surface area contributed by atoms with Crippen LogP contribution in [0.4, 0.5) is 5.82 Å². The lowest BCUT2D eigenvalue weighted by atomic mass is 10.1. The predicted molar refractivity (Wildman–Crippen MR) is 80.9 cm³/mol. The Hall–Kier alpha value is -1.66. The molecule has 4 N–H and O–H groups in total. The van der Waals surface area contributed by atoms with Crippen molar-refractivity contribution in [3.63, 3.8) is 0 Å². The minimum Gasteiger partial charge on any atom is -0.394 e. The number of rotatable bonds is 3. The number of aromatic nitrogens is 1. The summed E-state index contributed by atoms with van der Waals surface area (Å²) in [6.07, 6.45) is 2.92. The molecule has 0 bridgehead atoms. The Morgan fingerprint density at radius 1 is 1.52 bits per heavy atom. The summed E-state index contributed by atoms with van der Waals surface area (Å²) in [5.74, 6) is 0.809. The summed E-state index contributed by atoms with van der Waals surface area (Å²) >= 11 is 0. The summed E-state index contributed by atoms with van der Waals surface area (Å²) in [6, 6.07) is 2.01. The Morgan fingerprint density at radius 3 is 3.05 bits per heavy atom. The molecular weight excluding hydrogens is 268 g/mol. The van der Waals surface area contributed by atoms with Gasteiger partial charge >= 0.3 is 0 Å². The third-order valence-corrected chi connectivity index (χ3v) is 4.15. The summed E-state index contributed by atoms with van der Waals surface area (Å²) in [6.45, 7) is 3.24. The molecule has 114 valence electrons. The molecule has 2 unspecified atom stereocenters. The molecule has 3 rings (SSSR count). The number of hydrogen-bond donors (Lipinski definition) is 3. The molecular formula is C15H22N4O2. The van der Waals surface area contributed by atoms with E-state index in [0.29, 0.717) is 18.7 Å². The van der Waals surface area contributed by atoms with Crippen LogP contribution >= 0.6 is 0 Å². The van der Waals surface area contributed by atoms with Gasteiger partial charge in [0.05, 0.1) is 24.4 Å². The highest BCUT2D eigenvalue weighted by molar-refractivity contribution is 6.00. The molecule has 1 aliphatic heterocycles. The lowest BCUT2D eigenvalue weighted by Crippen LogP contribution is -2.49. The smallest absolute Gasteiger partial charge is 0.140 e. The molecule has 1 saturated heterocycles. The fourth-order valence-corrected chi connectivity index (χ4v) is 3.22. The molecule has 0 spiro atoms. The van der Waals surface area contributed by atoms with Crippen molar-refractivity contribution in [1.82, 2.24) is 4.98 Å². The SMILES string of the molecule is CC1CN(c2nc3c(cc2C(=N)N)CCC3)CC(CO)O1. The number of morpholine rings is 1. The second kappa shape index (κ2) is 5.61. The number of ether oxygens (including phenoxy) is 1. The van der Waals surface area contributed by atoms with Gasteiger partial charge in [-0.05, 0) is 37.8 Å². The highest BCUT2D eigenvalue weighted by Gasteiger charge is 2.29. The van der Waals surface area contributed by atoms with Crippen molar-refractivity contribution in [3.8, 4) is 0 Å². The van der Waals surface area contributed by atoms with Gasteiger partial charge in [-0.25, -0.2) is 4.98 Å². The summed E-state index contributed by atoms with van der Waals surface area (Å²) in [5.41, 5.74) is 8.78. The van der Waals surface area contributed by atoms with Crippen molar-refractivity contribution in [2.24, 2.45) is 5.73 Å². The van der Waals surface area contributed by atoms with Crippen molar-refractivity contribution < 1.29 is 9.84 Å². The fraction of sp³-hybridized carbons (Fsp3) is 0.600. The van der Waals surface area contributed by atoms with Gasteiger partial charge in [0, 0.05) is 18.8 Å². The van der Waals surface area contributed by atoms with E-state index in [1.807, 2.05) is 13.0 Å². The Labute approximate surface area is 124 Å². The van der Waals surface area contributed by atoms with Crippen molar-refractivity contribution >= 4 is 11.7 Å². The number of aliphatic hydroxyl groups is 1. The van der Waals surface area contributed by atoms with Gasteiger partial charge in [0.25, 0.3) is 0 Å². The lowest BCUT2D eigenvalue weighted by molar-refractivity contribution is -0.0423. The number of hydrogen-bond acceptors (Lipinski definition) is 5. The number of nitrogens with one attached hydrogen (secondary N) is 1. The number of fused-ring (bicyclic) bond motifs is 1. The Kier molecular flexibility index (Phi) is 3.82. The molecule has 0 amide bonds. The Balaban J connectivity index is 1.98. The van der Waals surface area contributed by atoms with Gasteiger partial charge in [-0.3, -0.25) is 5.41 Å². The summed E-state index contributed by atoms with van der Waals surface area (Å²) < 4.78 is 5.68. The van der Waals surface area contributed by atoms with E-state index in [0.717, 1.165) is 30.8 Å². The first-order valence-corrected chi connectivity index (χ1v) is 7.47. The first kappa shape index (κ1) is 14.3. The number of nitrogens with two attached hydrogens (primary N) is 1. The lowest BCUT2D eigenvalue weighted by Gasteiger charge is -2.37. The molecule has 0 radical (unpaired) electrons. The number of pyridine rings is 1. The largest absolute Gasteiger partial charge is 0.394 e. The van der Waals surface area contributed by atoms with E-state index in [2.05, 4.69) is 4.90 Å². The van der Waals surface area contributed by atoms with E-state index in [1.165, 1.54) is 5.56 Å². The average molecular weight is 290 g/mol. The van der Waals surface area contributed by atoms with Gasteiger partial charge in [0.1, 0.15) is 11.7 Å². The number of nitrogens with zero attached hydrogens (tertiary/aromatic N) is 2. The number of anilines is 1. The molecule has 0 saturated carbocycles. The minimum absolute atomic E-state index is 0.0127. The Bertz CT molecular complexity index is 561. The molecule has 21 heavy (non-hydrogen) atoms. The highest BCUT2D eigenvalue weighted by atomic mass is 16.5. The number of aryl methyl sites for hydroxylation is 2. The van der Waals surface area contributed by atoms with Gasteiger partial charge in [0.15, 0.2) is 0 Å². The molecule has 1 aromatic heterocycles. The van der Waals surface area contributed by atoms with Crippen LogP contribution in [0.3, 0.4) is 0 Å². The van der Waals surface area contributed by atoms with Crippen LogP contribution in [0, 0.1) is 5.41 Å². The van der Waals surface area contributed by atoms with E-state index < -0.39 is 0 Å². The zero-order valence-corrected chi connectivity index (χ0v) is 12.3. The van der Waals surface area contributed by atoms with Crippen LogP contribution in [0.1, 0.15) is 30.2 Å². The molecule has 0 aromatic carbocycles. The van der Waals surface area contributed by atoms with Crippen LogP contribution in [0.2, 0.25) is 0 Å². The maximum atomic E-state index is 9.37. The van der Waals surface area contributed by atoms with E-state index >= 15 is 0 Å². The van der Waals surface area contributed by atoms with Crippen LogP contribution in [0.15, 0.2) is 6.07 Å². The molecule has 2 aliphatic rings. The van der Waals surface area contributed by atoms with E-state index in [9.17, 15) is 5.11 Å². The van der Waals surface area contributed by atoms with Gasteiger partial charge in [0.2, 0.25) is 0 Å². The van der Waals surface area contributed by atoms with Crippen LogP contribution in [-0.2, 0) is 17.6 Å². The van der Waals surface area contributed by atoms with Crippen LogP contribution in [0.25, 0.3) is 0 Å².